The Kier molecular flexibility index (Phi) is 10.4. The van der Waals surface area contributed by atoms with E-state index in [1.807, 2.05) is 24.3 Å². The number of rotatable bonds is 7. The van der Waals surface area contributed by atoms with E-state index in [0.29, 0.717) is 24.1 Å². The number of likely N-dealkylation sites (tertiary alicyclic amines) is 1. The molecule has 1 aliphatic heterocycles. The van der Waals surface area contributed by atoms with Gasteiger partial charge in [0, 0.05) is 37.7 Å². The fourth-order valence-corrected chi connectivity index (χ4v) is 2.79. The summed E-state index contributed by atoms with van der Waals surface area (Å²) in [6.45, 7) is 6.96. The van der Waals surface area contributed by atoms with E-state index in [1.165, 1.54) is 0 Å². The normalized spacial score (nSPS) is 17.5. The molecule has 1 atom stereocenters. The van der Waals surface area contributed by atoms with E-state index in [-0.39, 0.29) is 24.0 Å². The number of nitrogens with one attached hydrogen (secondary N) is 1. The van der Waals surface area contributed by atoms with Crippen LogP contribution in [-0.4, -0.2) is 57.4 Å². The fraction of sp³-hybridized carbons (Fsp3) is 0.588. The minimum Gasteiger partial charge on any atom is -0.492 e. The van der Waals surface area contributed by atoms with Crippen LogP contribution in [0.15, 0.2) is 29.3 Å². The second-order valence-corrected chi connectivity index (χ2v) is 6.03. The van der Waals surface area contributed by atoms with Gasteiger partial charge in [-0.25, -0.2) is 4.99 Å². The highest BCUT2D eigenvalue weighted by molar-refractivity contribution is 14.0. The molecule has 0 saturated carbocycles. The van der Waals surface area contributed by atoms with E-state index in [1.54, 1.807) is 7.11 Å². The molecule has 1 saturated heterocycles. The minimum atomic E-state index is 0. The van der Waals surface area contributed by atoms with Crippen molar-refractivity contribution < 1.29 is 9.47 Å². The number of hydrogen-bond donors (Lipinski definition) is 1. The topological polar surface area (TPSA) is 46.1 Å². The van der Waals surface area contributed by atoms with Crippen molar-refractivity contribution in [1.82, 2.24) is 10.2 Å². The lowest BCUT2D eigenvalue weighted by Crippen LogP contribution is -2.40. The van der Waals surface area contributed by atoms with E-state index in [9.17, 15) is 0 Å². The summed E-state index contributed by atoms with van der Waals surface area (Å²) in [7, 11) is 1.76. The summed E-state index contributed by atoms with van der Waals surface area (Å²) in [5.41, 5.74) is 0. The van der Waals surface area contributed by atoms with Gasteiger partial charge in [-0.3, -0.25) is 0 Å². The van der Waals surface area contributed by atoms with E-state index in [2.05, 4.69) is 22.1 Å². The number of halogens is 2. The van der Waals surface area contributed by atoms with Crippen LogP contribution in [0.25, 0.3) is 0 Å². The van der Waals surface area contributed by atoms with Crippen molar-refractivity contribution in [3.8, 4) is 5.75 Å². The van der Waals surface area contributed by atoms with Gasteiger partial charge < -0.3 is 19.7 Å². The molecule has 0 aliphatic carbocycles. The Morgan fingerprint density at radius 2 is 2.12 bits per heavy atom. The van der Waals surface area contributed by atoms with Gasteiger partial charge in [0.2, 0.25) is 0 Å². The molecule has 0 radical (unpaired) electrons. The lowest BCUT2D eigenvalue weighted by atomic mass is 10.1. The summed E-state index contributed by atoms with van der Waals surface area (Å²) >= 11 is 5.86. The van der Waals surface area contributed by atoms with E-state index < -0.39 is 0 Å². The van der Waals surface area contributed by atoms with Crippen molar-refractivity contribution in [1.29, 1.82) is 0 Å². The number of benzene rings is 1. The Morgan fingerprint density at radius 3 is 2.79 bits per heavy atom. The molecule has 1 unspecified atom stereocenters. The molecular weight excluding hydrogens is 441 g/mol. The third-order valence-corrected chi connectivity index (χ3v) is 4.01. The predicted molar refractivity (Wildman–Crippen MR) is 110 cm³/mol. The maximum absolute atomic E-state index is 5.86. The second kappa shape index (κ2) is 11.8. The number of methoxy groups -OCH3 is 1. The minimum absolute atomic E-state index is 0. The van der Waals surface area contributed by atoms with Crippen molar-refractivity contribution in [2.45, 2.75) is 13.3 Å². The Hall–Kier alpha value is -0.730. The van der Waals surface area contributed by atoms with Crippen molar-refractivity contribution in [3.05, 3.63) is 29.3 Å². The second-order valence-electron chi connectivity index (χ2n) is 5.59. The lowest BCUT2D eigenvalue weighted by molar-refractivity contribution is 0.157. The summed E-state index contributed by atoms with van der Waals surface area (Å²) in [4.78, 5) is 6.96. The first-order valence-corrected chi connectivity index (χ1v) is 8.51. The summed E-state index contributed by atoms with van der Waals surface area (Å²) in [5, 5.41) is 4.07. The van der Waals surface area contributed by atoms with Crippen LogP contribution in [0.1, 0.15) is 13.3 Å². The van der Waals surface area contributed by atoms with Gasteiger partial charge in [-0.15, -0.1) is 24.0 Å². The number of aliphatic imine (C=N–C) groups is 1. The SMILES string of the molecule is CCNC(=NCCOc1ccc(Cl)cc1)N1CCC(COC)C1.I. The van der Waals surface area contributed by atoms with Gasteiger partial charge in [-0.05, 0) is 37.6 Å². The van der Waals surface area contributed by atoms with Crippen LogP contribution in [0, 0.1) is 5.92 Å². The van der Waals surface area contributed by atoms with Crippen LogP contribution in [0.3, 0.4) is 0 Å². The molecule has 1 aliphatic rings. The van der Waals surface area contributed by atoms with Gasteiger partial charge in [0.1, 0.15) is 12.4 Å². The summed E-state index contributed by atoms with van der Waals surface area (Å²) in [6, 6.07) is 7.38. The number of ether oxygens (including phenoxy) is 2. The van der Waals surface area contributed by atoms with Gasteiger partial charge in [-0.2, -0.15) is 0 Å². The van der Waals surface area contributed by atoms with Crippen LogP contribution in [0.4, 0.5) is 0 Å². The molecule has 0 amide bonds. The van der Waals surface area contributed by atoms with Crippen LogP contribution in [-0.2, 0) is 4.74 Å². The van der Waals surface area contributed by atoms with Gasteiger partial charge in [0.05, 0.1) is 13.2 Å². The average molecular weight is 468 g/mol. The van der Waals surface area contributed by atoms with Gasteiger partial charge in [-0.1, -0.05) is 11.6 Å². The number of guanidine groups is 1. The molecule has 0 aromatic heterocycles. The van der Waals surface area contributed by atoms with Crippen molar-refractivity contribution in [3.63, 3.8) is 0 Å². The first-order valence-electron chi connectivity index (χ1n) is 8.13. The maximum Gasteiger partial charge on any atom is 0.194 e. The third kappa shape index (κ3) is 7.03. The van der Waals surface area contributed by atoms with Crippen molar-refractivity contribution >= 4 is 41.5 Å². The lowest BCUT2D eigenvalue weighted by Gasteiger charge is -2.21. The molecule has 136 valence electrons. The quantitative estimate of drug-likeness (QED) is 0.289. The molecule has 1 heterocycles. The number of hydrogen-bond acceptors (Lipinski definition) is 3. The highest BCUT2D eigenvalue weighted by Gasteiger charge is 2.24. The average Bonchev–Trinajstić information content (AvgIpc) is 3.01. The molecule has 5 nitrogen and oxygen atoms in total. The molecule has 7 heteroatoms. The zero-order valence-electron chi connectivity index (χ0n) is 14.3. The molecule has 1 aromatic carbocycles. The smallest absolute Gasteiger partial charge is 0.194 e. The number of nitrogens with zero attached hydrogens (tertiary/aromatic N) is 2. The molecule has 1 fully saturated rings. The Morgan fingerprint density at radius 1 is 1.38 bits per heavy atom. The first-order chi connectivity index (χ1) is 11.2. The van der Waals surface area contributed by atoms with Gasteiger partial charge in [0.15, 0.2) is 5.96 Å². The predicted octanol–water partition coefficient (Wildman–Crippen LogP) is 3.27. The summed E-state index contributed by atoms with van der Waals surface area (Å²) in [6.07, 6.45) is 1.15. The van der Waals surface area contributed by atoms with Crippen LogP contribution < -0.4 is 10.1 Å². The van der Waals surface area contributed by atoms with Crippen LogP contribution in [0.2, 0.25) is 5.02 Å². The maximum atomic E-state index is 5.86. The largest absolute Gasteiger partial charge is 0.492 e. The zero-order chi connectivity index (χ0) is 16.5. The molecule has 0 spiro atoms. The van der Waals surface area contributed by atoms with Crippen molar-refractivity contribution in [2.24, 2.45) is 10.9 Å². The van der Waals surface area contributed by atoms with Crippen molar-refractivity contribution in [2.75, 3.05) is 46.5 Å². The third-order valence-electron chi connectivity index (χ3n) is 3.76. The standard InChI is InChI=1S/C17H26ClN3O2.HI/c1-3-19-17(21-10-8-14(12-21)13-22-2)20-9-11-23-16-6-4-15(18)5-7-16;/h4-7,14H,3,8-13H2,1-2H3,(H,19,20);1H. The first kappa shape index (κ1) is 21.3. The van der Waals surface area contributed by atoms with Gasteiger partial charge in [0.25, 0.3) is 0 Å². The van der Waals surface area contributed by atoms with Crippen LogP contribution >= 0.6 is 35.6 Å². The highest BCUT2D eigenvalue weighted by atomic mass is 127. The van der Waals surface area contributed by atoms with E-state index in [4.69, 9.17) is 21.1 Å². The highest BCUT2D eigenvalue weighted by Crippen LogP contribution is 2.17. The van der Waals surface area contributed by atoms with Gasteiger partial charge >= 0.3 is 0 Å². The fourth-order valence-electron chi connectivity index (χ4n) is 2.67. The van der Waals surface area contributed by atoms with E-state index in [0.717, 1.165) is 44.4 Å². The monoisotopic (exact) mass is 467 g/mol. The molecule has 1 aromatic rings. The Labute approximate surface area is 166 Å². The Balaban J connectivity index is 0.00000288. The summed E-state index contributed by atoms with van der Waals surface area (Å²) in [5.74, 6) is 2.37. The molecule has 0 bridgehead atoms. The summed E-state index contributed by atoms with van der Waals surface area (Å²) < 4.78 is 10.9. The zero-order valence-corrected chi connectivity index (χ0v) is 17.4. The van der Waals surface area contributed by atoms with E-state index >= 15 is 0 Å². The molecule has 24 heavy (non-hydrogen) atoms. The Bertz CT molecular complexity index is 499. The van der Waals surface area contributed by atoms with Crippen LogP contribution in [0.5, 0.6) is 5.75 Å². The molecule has 1 N–H and O–H groups in total. The molecular formula is C17H27ClIN3O2. The molecule has 2 rings (SSSR count).